The van der Waals surface area contributed by atoms with Crippen molar-refractivity contribution in [1.29, 1.82) is 0 Å². The number of aliphatic hydroxyl groups is 2. The first kappa shape index (κ1) is 13.9. The van der Waals surface area contributed by atoms with Crippen LogP contribution in [0.15, 0.2) is 18.2 Å². The van der Waals surface area contributed by atoms with E-state index in [1.54, 1.807) is 12.1 Å². The number of methoxy groups -OCH3 is 1. The maximum atomic E-state index is 13.5. The van der Waals surface area contributed by atoms with E-state index < -0.39 is 5.60 Å². The first-order valence-electron chi connectivity index (χ1n) is 5.35. The minimum atomic E-state index is -1.19. The van der Waals surface area contributed by atoms with E-state index in [1.807, 2.05) is 0 Å². The molecule has 0 aliphatic rings. The SMILES string of the molecule is COc1ccc(CNCC(C)(O)CO)c(F)c1. The van der Waals surface area contributed by atoms with Crippen molar-refractivity contribution in [1.82, 2.24) is 5.32 Å². The highest BCUT2D eigenvalue weighted by atomic mass is 19.1. The molecule has 1 rings (SSSR count). The first-order valence-corrected chi connectivity index (χ1v) is 5.35. The summed E-state index contributed by atoms with van der Waals surface area (Å²) < 4.78 is 18.4. The highest BCUT2D eigenvalue weighted by Gasteiger charge is 2.18. The van der Waals surface area contributed by atoms with E-state index in [0.717, 1.165) is 0 Å². The van der Waals surface area contributed by atoms with E-state index in [9.17, 15) is 9.50 Å². The van der Waals surface area contributed by atoms with Crippen LogP contribution in [-0.2, 0) is 6.54 Å². The second kappa shape index (κ2) is 5.95. The van der Waals surface area contributed by atoms with Crippen LogP contribution in [-0.4, -0.2) is 36.1 Å². The first-order chi connectivity index (χ1) is 7.98. The highest BCUT2D eigenvalue weighted by Crippen LogP contribution is 2.16. The van der Waals surface area contributed by atoms with Crippen LogP contribution in [0.25, 0.3) is 0 Å². The summed E-state index contributed by atoms with van der Waals surface area (Å²) in [6.45, 7) is 1.64. The molecule has 0 saturated heterocycles. The Morgan fingerprint density at radius 1 is 1.47 bits per heavy atom. The Morgan fingerprint density at radius 3 is 2.71 bits per heavy atom. The third kappa shape index (κ3) is 4.30. The van der Waals surface area contributed by atoms with Gasteiger partial charge < -0.3 is 20.3 Å². The summed E-state index contributed by atoms with van der Waals surface area (Å²) in [7, 11) is 1.48. The molecule has 0 heterocycles. The predicted octanol–water partition coefficient (Wildman–Crippen LogP) is 0.667. The Labute approximate surface area is 100 Å². The Hall–Kier alpha value is -1.17. The number of aliphatic hydroxyl groups excluding tert-OH is 1. The lowest BCUT2D eigenvalue weighted by molar-refractivity contribution is 0.00249. The lowest BCUT2D eigenvalue weighted by atomic mass is 10.1. The Bertz CT molecular complexity index is 369. The van der Waals surface area contributed by atoms with Crippen LogP contribution < -0.4 is 10.1 Å². The molecule has 5 heteroatoms. The zero-order chi connectivity index (χ0) is 12.9. The number of rotatable bonds is 6. The molecule has 1 unspecified atom stereocenters. The van der Waals surface area contributed by atoms with Crippen molar-refractivity contribution in [2.45, 2.75) is 19.1 Å². The molecule has 0 aliphatic carbocycles. The topological polar surface area (TPSA) is 61.7 Å². The molecule has 1 aromatic rings. The maximum Gasteiger partial charge on any atom is 0.131 e. The molecule has 1 atom stereocenters. The van der Waals surface area contributed by atoms with Crippen LogP contribution in [0.1, 0.15) is 12.5 Å². The maximum absolute atomic E-state index is 13.5. The molecule has 0 bridgehead atoms. The number of hydrogen-bond acceptors (Lipinski definition) is 4. The molecule has 96 valence electrons. The standard InChI is InChI=1S/C12H18FNO3/c1-12(16,8-15)7-14-6-9-3-4-10(17-2)5-11(9)13/h3-5,14-16H,6-8H2,1-2H3. The van der Waals surface area contributed by atoms with Crippen LogP contribution in [0, 0.1) is 5.82 Å². The van der Waals surface area contributed by atoms with E-state index in [4.69, 9.17) is 9.84 Å². The van der Waals surface area contributed by atoms with E-state index in [0.29, 0.717) is 11.3 Å². The van der Waals surface area contributed by atoms with Crippen LogP contribution >= 0.6 is 0 Å². The molecule has 4 nitrogen and oxygen atoms in total. The third-order valence-electron chi connectivity index (χ3n) is 2.42. The zero-order valence-electron chi connectivity index (χ0n) is 10.0. The number of ether oxygens (including phenoxy) is 1. The lowest BCUT2D eigenvalue weighted by Gasteiger charge is -2.20. The van der Waals surface area contributed by atoms with Crippen molar-refractivity contribution >= 4 is 0 Å². The zero-order valence-corrected chi connectivity index (χ0v) is 10.0. The summed E-state index contributed by atoms with van der Waals surface area (Å²) in [5.74, 6) is 0.106. The van der Waals surface area contributed by atoms with Gasteiger partial charge in [-0.3, -0.25) is 0 Å². The predicted molar refractivity (Wildman–Crippen MR) is 62.4 cm³/mol. The Kier molecular flexibility index (Phi) is 4.86. The van der Waals surface area contributed by atoms with E-state index in [2.05, 4.69) is 5.32 Å². The van der Waals surface area contributed by atoms with Gasteiger partial charge in [0, 0.05) is 24.7 Å². The van der Waals surface area contributed by atoms with Gasteiger partial charge in [-0.2, -0.15) is 0 Å². The van der Waals surface area contributed by atoms with Crippen LogP contribution in [0.3, 0.4) is 0 Å². The van der Waals surface area contributed by atoms with Crippen molar-refractivity contribution in [3.8, 4) is 5.75 Å². The van der Waals surface area contributed by atoms with Crippen LogP contribution in [0.5, 0.6) is 5.75 Å². The van der Waals surface area contributed by atoms with Crippen molar-refractivity contribution in [2.75, 3.05) is 20.3 Å². The smallest absolute Gasteiger partial charge is 0.131 e. The lowest BCUT2D eigenvalue weighted by Crippen LogP contribution is -2.40. The molecular formula is C12H18FNO3. The van der Waals surface area contributed by atoms with Gasteiger partial charge in [0.2, 0.25) is 0 Å². The number of benzene rings is 1. The molecule has 0 aromatic heterocycles. The quantitative estimate of drug-likeness (QED) is 0.687. The van der Waals surface area contributed by atoms with Gasteiger partial charge in [-0.25, -0.2) is 4.39 Å². The summed E-state index contributed by atoms with van der Waals surface area (Å²) in [5, 5.41) is 21.2. The molecule has 17 heavy (non-hydrogen) atoms. The van der Waals surface area contributed by atoms with E-state index in [-0.39, 0.29) is 25.5 Å². The fourth-order valence-electron chi connectivity index (χ4n) is 1.32. The summed E-state index contributed by atoms with van der Waals surface area (Å²) >= 11 is 0. The molecular weight excluding hydrogens is 225 g/mol. The van der Waals surface area contributed by atoms with Gasteiger partial charge >= 0.3 is 0 Å². The molecule has 0 amide bonds. The van der Waals surface area contributed by atoms with Crippen molar-refractivity contribution in [3.63, 3.8) is 0 Å². The van der Waals surface area contributed by atoms with Gasteiger partial charge in [-0.1, -0.05) is 6.07 Å². The van der Waals surface area contributed by atoms with Gasteiger partial charge in [-0.05, 0) is 13.0 Å². The van der Waals surface area contributed by atoms with Gasteiger partial charge in [0.05, 0.1) is 19.3 Å². The monoisotopic (exact) mass is 243 g/mol. The summed E-state index contributed by atoms with van der Waals surface area (Å²) in [6.07, 6.45) is 0. The normalized spacial score (nSPS) is 14.4. The van der Waals surface area contributed by atoms with Crippen LogP contribution in [0.4, 0.5) is 4.39 Å². The summed E-state index contributed by atoms with van der Waals surface area (Å²) in [6, 6.07) is 4.60. The summed E-state index contributed by atoms with van der Waals surface area (Å²) in [4.78, 5) is 0. The minimum absolute atomic E-state index is 0.189. The molecule has 1 aromatic carbocycles. The molecule has 0 fully saturated rings. The number of hydrogen-bond donors (Lipinski definition) is 3. The second-order valence-electron chi connectivity index (χ2n) is 4.22. The van der Waals surface area contributed by atoms with Crippen molar-refractivity contribution in [2.24, 2.45) is 0 Å². The molecule has 0 spiro atoms. The second-order valence-corrected chi connectivity index (χ2v) is 4.22. The van der Waals surface area contributed by atoms with Gasteiger partial charge in [0.1, 0.15) is 11.6 Å². The molecule has 0 aliphatic heterocycles. The Balaban J connectivity index is 2.52. The average molecular weight is 243 g/mol. The van der Waals surface area contributed by atoms with Crippen LogP contribution in [0.2, 0.25) is 0 Å². The van der Waals surface area contributed by atoms with Gasteiger partial charge in [0.25, 0.3) is 0 Å². The molecule has 0 radical (unpaired) electrons. The van der Waals surface area contributed by atoms with Gasteiger partial charge in [-0.15, -0.1) is 0 Å². The number of halogens is 1. The number of nitrogens with one attached hydrogen (secondary N) is 1. The Morgan fingerprint density at radius 2 is 2.18 bits per heavy atom. The fraction of sp³-hybridized carbons (Fsp3) is 0.500. The van der Waals surface area contributed by atoms with Crippen molar-refractivity contribution in [3.05, 3.63) is 29.6 Å². The van der Waals surface area contributed by atoms with Crippen molar-refractivity contribution < 1.29 is 19.3 Å². The van der Waals surface area contributed by atoms with E-state index >= 15 is 0 Å². The summed E-state index contributed by atoms with van der Waals surface area (Å²) in [5.41, 5.74) is -0.706. The highest BCUT2D eigenvalue weighted by molar-refractivity contribution is 5.28. The fourth-order valence-corrected chi connectivity index (χ4v) is 1.32. The molecule has 0 saturated carbocycles. The minimum Gasteiger partial charge on any atom is -0.497 e. The largest absolute Gasteiger partial charge is 0.497 e. The van der Waals surface area contributed by atoms with E-state index in [1.165, 1.54) is 20.1 Å². The third-order valence-corrected chi connectivity index (χ3v) is 2.42. The average Bonchev–Trinajstić information content (AvgIpc) is 2.31. The van der Waals surface area contributed by atoms with Gasteiger partial charge in [0.15, 0.2) is 0 Å². The molecule has 3 N–H and O–H groups in total.